The minimum absolute atomic E-state index is 0.473. The maximum Gasteiger partial charge on any atom is 0.216 e. The van der Waals surface area contributed by atoms with E-state index in [0.29, 0.717) is 4.77 Å². The molecule has 0 unspecified atom stereocenters. The fourth-order valence-electron chi connectivity index (χ4n) is 1.65. The van der Waals surface area contributed by atoms with Crippen LogP contribution < -0.4 is 0 Å². The summed E-state index contributed by atoms with van der Waals surface area (Å²) in [4.78, 5) is 3.18. The molecule has 0 bridgehead atoms. The fourth-order valence-corrected chi connectivity index (χ4v) is 1.80. The molecule has 0 aliphatic heterocycles. The van der Waals surface area contributed by atoms with E-state index in [4.69, 9.17) is 12.2 Å². The van der Waals surface area contributed by atoms with Crippen molar-refractivity contribution in [3.63, 3.8) is 0 Å². The first-order valence-corrected chi connectivity index (χ1v) is 5.48. The third-order valence-corrected chi connectivity index (χ3v) is 2.76. The highest BCUT2D eigenvalue weighted by Gasteiger charge is 1.99. The highest BCUT2D eigenvalue weighted by atomic mass is 32.1. The molecule has 0 saturated heterocycles. The van der Waals surface area contributed by atoms with Gasteiger partial charge >= 0.3 is 0 Å². The predicted molar refractivity (Wildman–Crippen MR) is 68.7 cm³/mol. The molecule has 0 aliphatic carbocycles. The van der Waals surface area contributed by atoms with E-state index < -0.39 is 0 Å². The maximum atomic E-state index is 5.00. The van der Waals surface area contributed by atoms with Crippen molar-refractivity contribution in [1.29, 1.82) is 0 Å². The summed E-state index contributed by atoms with van der Waals surface area (Å²) in [5, 5.41) is 11.8. The van der Waals surface area contributed by atoms with Gasteiger partial charge in [-0.3, -0.25) is 5.10 Å². The Balaban J connectivity index is 2.03. The average molecular weight is 243 g/mol. The van der Waals surface area contributed by atoms with Crippen molar-refractivity contribution < 1.29 is 0 Å². The van der Waals surface area contributed by atoms with Crippen LogP contribution in [0.2, 0.25) is 0 Å². The summed E-state index contributed by atoms with van der Waals surface area (Å²) in [6.07, 6.45) is 5.20. The molecule has 2 aromatic heterocycles. The Kier molecular flexibility index (Phi) is 2.34. The van der Waals surface area contributed by atoms with Gasteiger partial charge in [0.05, 0.1) is 6.21 Å². The largest absolute Gasteiger partial charge is 0.361 e. The number of benzene rings is 1. The smallest absolute Gasteiger partial charge is 0.216 e. The van der Waals surface area contributed by atoms with Crippen LogP contribution in [0.4, 0.5) is 0 Å². The monoisotopic (exact) mass is 243 g/mol. The molecule has 0 fully saturated rings. The van der Waals surface area contributed by atoms with Gasteiger partial charge in [-0.15, -0.1) is 0 Å². The first-order chi connectivity index (χ1) is 8.34. The first-order valence-electron chi connectivity index (χ1n) is 5.07. The first kappa shape index (κ1) is 9.98. The fraction of sp³-hybridized carbons (Fsp3) is 0. The van der Waals surface area contributed by atoms with Gasteiger partial charge in [-0.1, -0.05) is 18.2 Å². The second-order valence-corrected chi connectivity index (χ2v) is 3.93. The summed E-state index contributed by atoms with van der Waals surface area (Å²) in [6, 6.07) is 8.06. The van der Waals surface area contributed by atoms with E-state index >= 15 is 0 Å². The van der Waals surface area contributed by atoms with E-state index in [1.807, 2.05) is 30.5 Å². The molecular weight excluding hydrogens is 234 g/mol. The van der Waals surface area contributed by atoms with Gasteiger partial charge in [0.15, 0.2) is 0 Å². The van der Waals surface area contributed by atoms with Gasteiger partial charge in [0.25, 0.3) is 0 Å². The molecule has 5 nitrogen and oxygen atoms in total. The summed E-state index contributed by atoms with van der Waals surface area (Å²) in [5.74, 6) is 0. The third-order valence-electron chi connectivity index (χ3n) is 2.48. The minimum atomic E-state index is 0.473. The summed E-state index contributed by atoms with van der Waals surface area (Å²) in [7, 11) is 0. The normalized spacial score (nSPS) is 11.5. The van der Waals surface area contributed by atoms with Gasteiger partial charge in [0.1, 0.15) is 6.33 Å². The maximum absolute atomic E-state index is 5.00. The number of hydrogen-bond donors (Lipinski definition) is 2. The molecule has 3 aromatic rings. The Hall–Kier alpha value is -2.21. The summed E-state index contributed by atoms with van der Waals surface area (Å²) in [5.41, 5.74) is 2.11. The number of nitrogens with zero attached hydrogens (tertiary/aromatic N) is 3. The zero-order valence-corrected chi connectivity index (χ0v) is 9.61. The molecule has 6 heteroatoms. The van der Waals surface area contributed by atoms with Crippen molar-refractivity contribution in [3.8, 4) is 0 Å². The predicted octanol–water partition coefficient (Wildman–Crippen LogP) is 2.30. The van der Waals surface area contributed by atoms with Crippen LogP contribution in [0.5, 0.6) is 0 Å². The van der Waals surface area contributed by atoms with Crippen LogP contribution >= 0.6 is 12.2 Å². The van der Waals surface area contributed by atoms with E-state index in [1.54, 1.807) is 6.21 Å². The lowest BCUT2D eigenvalue weighted by Gasteiger charge is -1.91. The minimum Gasteiger partial charge on any atom is -0.361 e. The van der Waals surface area contributed by atoms with E-state index in [2.05, 4.69) is 20.3 Å². The molecule has 84 valence electrons. The number of rotatable bonds is 2. The third kappa shape index (κ3) is 1.78. The number of hydrogen-bond acceptors (Lipinski definition) is 3. The van der Waals surface area contributed by atoms with Crippen molar-refractivity contribution in [3.05, 3.63) is 47.1 Å². The molecule has 1 aromatic carbocycles. The molecule has 17 heavy (non-hydrogen) atoms. The van der Waals surface area contributed by atoms with Crippen LogP contribution in [0.1, 0.15) is 5.56 Å². The zero-order chi connectivity index (χ0) is 11.7. The van der Waals surface area contributed by atoms with Crippen molar-refractivity contribution in [1.82, 2.24) is 19.9 Å². The molecule has 2 heterocycles. The Morgan fingerprint density at radius 2 is 2.24 bits per heavy atom. The zero-order valence-electron chi connectivity index (χ0n) is 8.79. The van der Waals surface area contributed by atoms with Crippen LogP contribution in [0, 0.1) is 4.77 Å². The standard InChI is InChI=1S/C11H9N5S/c17-11-15-13-7-16(11)14-6-8-5-12-10-4-2-1-3-9(8)10/h1-7,12H,(H,15,17)/b14-6-. The second-order valence-electron chi connectivity index (χ2n) is 3.54. The summed E-state index contributed by atoms with van der Waals surface area (Å²) in [6.45, 7) is 0. The van der Waals surface area contributed by atoms with Gasteiger partial charge in [-0.2, -0.15) is 14.9 Å². The topological polar surface area (TPSA) is 61.8 Å². The number of nitrogens with one attached hydrogen (secondary N) is 2. The summed E-state index contributed by atoms with van der Waals surface area (Å²) < 4.78 is 1.98. The number of para-hydroxylation sites is 1. The lowest BCUT2D eigenvalue weighted by molar-refractivity contribution is 0.863. The lowest BCUT2D eigenvalue weighted by Crippen LogP contribution is -1.88. The molecular formula is C11H9N5S. The molecule has 0 saturated carbocycles. The van der Waals surface area contributed by atoms with Gasteiger partial charge in [0, 0.05) is 22.7 Å². The van der Waals surface area contributed by atoms with E-state index in [-0.39, 0.29) is 0 Å². The van der Waals surface area contributed by atoms with Gasteiger partial charge in [0.2, 0.25) is 4.77 Å². The van der Waals surface area contributed by atoms with Crippen LogP contribution in [-0.4, -0.2) is 26.1 Å². The molecule has 0 atom stereocenters. The Morgan fingerprint density at radius 1 is 1.35 bits per heavy atom. The number of fused-ring (bicyclic) bond motifs is 1. The highest BCUT2D eigenvalue weighted by Crippen LogP contribution is 2.15. The van der Waals surface area contributed by atoms with Crippen molar-refractivity contribution in [2.45, 2.75) is 0 Å². The number of aromatic nitrogens is 4. The number of aromatic amines is 2. The summed E-state index contributed by atoms with van der Waals surface area (Å²) >= 11 is 5.00. The van der Waals surface area contributed by atoms with Crippen LogP contribution in [0.3, 0.4) is 0 Å². The molecule has 0 aliphatic rings. The van der Waals surface area contributed by atoms with E-state index in [0.717, 1.165) is 16.5 Å². The Labute approximate surface area is 102 Å². The van der Waals surface area contributed by atoms with E-state index in [1.165, 1.54) is 11.0 Å². The molecule has 0 radical (unpaired) electrons. The molecule has 2 N–H and O–H groups in total. The SMILES string of the molecule is S=c1[nH]ncn1/N=C\c1c[nH]c2ccccc12. The Morgan fingerprint density at radius 3 is 3.06 bits per heavy atom. The number of H-pyrrole nitrogens is 2. The van der Waals surface area contributed by atoms with Crippen LogP contribution in [0.15, 0.2) is 41.9 Å². The second kappa shape index (κ2) is 3.99. The van der Waals surface area contributed by atoms with Crippen molar-refractivity contribution in [2.24, 2.45) is 5.10 Å². The van der Waals surface area contributed by atoms with Crippen LogP contribution in [-0.2, 0) is 0 Å². The average Bonchev–Trinajstić information content (AvgIpc) is 2.93. The molecule has 3 rings (SSSR count). The van der Waals surface area contributed by atoms with Gasteiger partial charge < -0.3 is 4.98 Å². The van der Waals surface area contributed by atoms with Crippen molar-refractivity contribution in [2.75, 3.05) is 0 Å². The van der Waals surface area contributed by atoms with Gasteiger partial charge in [-0.05, 0) is 18.3 Å². The lowest BCUT2D eigenvalue weighted by atomic mass is 10.2. The van der Waals surface area contributed by atoms with E-state index in [9.17, 15) is 0 Å². The van der Waals surface area contributed by atoms with Crippen molar-refractivity contribution >= 4 is 29.3 Å². The highest BCUT2D eigenvalue weighted by molar-refractivity contribution is 7.71. The van der Waals surface area contributed by atoms with Gasteiger partial charge in [-0.25, -0.2) is 0 Å². The molecule has 0 amide bonds. The Bertz CT molecular complexity index is 733. The van der Waals surface area contributed by atoms with Crippen LogP contribution in [0.25, 0.3) is 10.9 Å². The quantitative estimate of drug-likeness (QED) is 0.536. The molecule has 0 spiro atoms.